The van der Waals surface area contributed by atoms with Gasteiger partial charge in [0.1, 0.15) is 72.1 Å². The lowest BCUT2D eigenvalue weighted by atomic mass is 9.89. The van der Waals surface area contributed by atoms with E-state index in [1.165, 1.54) is 73.9 Å². The second-order valence-corrected chi connectivity index (χ2v) is 34.5. The molecule has 680 valence electrons. The molecule has 3 saturated heterocycles. The fraction of sp³-hybridized carbons (Fsp3) is 0.514. The normalized spacial score (nSPS) is 21.1. The Balaban J connectivity index is 0.679. The van der Waals surface area contributed by atoms with Crippen molar-refractivity contribution in [1.82, 2.24) is 39.3 Å². The zero-order valence-corrected chi connectivity index (χ0v) is 71.3. The number of phosphoric acid groups is 4. The Morgan fingerprint density at radius 2 is 1.11 bits per heavy atom. The van der Waals surface area contributed by atoms with Crippen molar-refractivity contribution in [3.63, 3.8) is 0 Å². The molecule has 0 bridgehead atoms. The van der Waals surface area contributed by atoms with Crippen LogP contribution < -0.4 is 50.0 Å². The number of hydrogen-bond acceptors (Lipinski definition) is 38. The van der Waals surface area contributed by atoms with Crippen LogP contribution in [0.25, 0.3) is 39.5 Å². The number of aromatic carboxylic acids is 1. The summed E-state index contributed by atoms with van der Waals surface area (Å²) in [6.07, 6.45) is -2.51. The first kappa shape index (κ1) is 97.4. The second-order valence-electron chi connectivity index (χ2n) is 27.5. The van der Waals surface area contributed by atoms with Gasteiger partial charge in [0.2, 0.25) is 5.91 Å². The molecule has 10 N–H and O–H groups in total. The minimum atomic E-state index is -4.60. The average Bonchev–Trinajstić information content (AvgIpc) is 1.09. The number of nitrogen functional groups attached to an aromatic ring is 1. The number of unbranched alkanes of at least 4 members (excludes halogenated alkanes) is 3. The molecule has 0 spiro atoms. The third-order valence-electron chi connectivity index (χ3n) is 19.1. The number of anilines is 1. The van der Waals surface area contributed by atoms with Crippen molar-refractivity contribution in [2.75, 3.05) is 146 Å². The number of carboxylic acid groups (broad SMARTS) is 1. The van der Waals surface area contributed by atoms with Crippen molar-refractivity contribution < 1.29 is 145 Å². The first-order valence-corrected chi connectivity index (χ1v) is 44.5. The van der Waals surface area contributed by atoms with E-state index >= 15 is 0 Å². The number of nitrogens with one attached hydrogen (secondary N) is 4. The van der Waals surface area contributed by atoms with E-state index < -0.39 is 166 Å². The summed E-state index contributed by atoms with van der Waals surface area (Å²) < 4.78 is 168. The minimum Gasteiger partial charge on any atom is -0.508 e. The molecule has 2 amide bonds. The van der Waals surface area contributed by atoms with Crippen LogP contribution in [-0.4, -0.2) is 244 Å². The van der Waals surface area contributed by atoms with Gasteiger partial charge in [-0.05, 0) is 79.9 Å². The molecule has 0 saturated carbocycles. The van der Waals surface area contributed by atoms with Crippen molar-refractivity contribution >= 4 is 71.9 Å². The van der Waals surface area contributed by atoms with Crippen LogP contribution in [0.15, 0.2) is 119 Å². The smallest absolute Gasteiger partial charge is 0.474 e. The Labute approximate surface area is 705 Å². The number of phenols is 1. The average molecular weight is 1830 g/mol. The number of carbonyl (C=O) groups is 3. The molecule has 7 heterocycles. The molecule has 5 aromatic rings. The fourth-order valence-corrected chi connectivity index (χ4v) is 16.9. The fourth-order valence-electron chi connectivity index (χ4n) is 12.8. The number of nitrogens with zero attached hydrogens (tertiary/aromatic N) is 4. The summed E-state index contributed by atoms with van der Waals surface area (Å²) in [5.74, 6) is -2.35. The second kappa shape index (κ2) is 46.1. The number of H-pyrrole nitrogens is 2. The molecule has 0 radical (unpaired) electrons. The van der Waals surface area contributed by atoms with E-state index in [9.17, 15) is 81.8 Å². The highest BCUT2D eigenvalue weighted by molar-refractivity contribution is 7.49. The molecule has 124 heavy (non-hydrogen) atoms. The number of aliphatic hydroxyl groups excluding tert-OH is 2. The van der Waals surface area contributed by atoms with Crippen molar-refractivity contribution in [2.45, 2.75) is 107 Å². The summed E-state index contributed by atoms with van der Waals surface area (Å²) in [5, 5.41) is 47.0. The maximum Gasteiger partial charge on any atom is 0.474 e. The number of phenolic OH excluding ortho intramolecular Hbond substituents is 1. The van der Waals surface area contributed by atoms with Gasteiger partial charge in [-0.25, -0.2) is 37.4 Å². The van der Waals surface area contributed by atoms with E-state index in [1.807, 2.05) is 0 Å². The number of aliphatic hydroxyl groups is 2. The van der Waals surface area contributed by atoms with Gasteiger partial charge in [0, 0.05) is 125 Å². The Morgan fingerprint density at radius 1 is 0.589 bits per heavy atom. The number of aromatic nitrogens is 6. The number of fused-ring (bicyclic) bond motifs is 2. The monoisotopic (exact) mass is 1830 g/mol. The third-order valence-corrected chi connectivity index (χ3v) is 24.9. The molecule has 3 fully saturated rings. The van der Waals surface area contributed by atoms with Gasteiger partial charge >= 0.3 is 54.3 Å². The van der Waals surface area contributed by atoms with E-state index in [4.69, 9.17) is 97.6 Å². The van der Waals surface area contributed by atoms with Crippen LogP contribution in [0.1, 0.15) is 95.5 Å². The number of aryl methyl sites for hydroxylation is 1. The van der Waals surface area contributed by atoms with Crippen LogP contribution >= 0.6 is 31.3 Å². The van der Waals surface area contributed by atoms with Gasteiger partial charge in [-0.15, -0.1) is 0 Å². The maximum absolute atomic E-state index is 14.2. The lowest BCUT2D eigenvalue weighted by Crippen LogP contribution is -2.33. The van der Waals surface area contributed by atoms with Gasteiger partial charge in [-0.2, -0.15) is 4.98 Å². The number of nitrogens with two attached hydrogens (primary N) is 1. The number of phosphoric ester groups is 4. The van der Waals surface area contributed by atoms with Gasteiger partial charge in [0.15, 0.2) is 5.43 Å². The van der Waals surface area contributed by atoms with Crippen LogP contribution in [0.4, 0.5) is 5.82 Å². The zero-order chi connectivity index (χ0) is 89.3. The lowest BCUT2D eigenvalue weighted by molar-refractivity contribution is -0.116. The predicted octanol–water partition coefficient (Wildman–Crippen LogP) is 4.81. The molecule has 50 heteroatoms. The Morgan fingerprint density at radius 3 is 1.69 bits per heavy atom. The number of carboxylic acids is 1. The first-order chi connectivity index (χ1) is 59.4. The van der Waals surface area contributed by atoms with Gasteiger partial charge in [0.05, 0.1) is 116 Å². The number of ether oxygens (including phenoxy) is 7. The lowest BCUT2D eigenvalue weighted by Gasteiger charge is -2.24. The summed E-state index contributed by atoms with van der Waals surface area (Å²) in [5.41, 5.74) is 2.44. The molecule has 13 atom stereocenters. The molecule has 5 aliphatic rings. The predicted molar refractivity (Wildman–Crippen MR) is 432 cm³/mol. The molecule has 4 aliphatic heterocycles. The van der Waals surface area contributed by atoms with Crippen LogP contribution in [0.5, 0.6) is 5.75 Å². The van der Waals surface area contributed by atoms with Gasteiger partial charge in [-0.1, -0.05) is 12.8 Å². The van der Waals surface area contributed by atoms with Crippen LogP contribution in [-0.2, 0) is 110 Å². The van der Waals surface area contributed by atoms with E-state index in [0.717, 1.165) is 60.5 Å². The highest BCUT2D eigenvalue weighted by Crippen LogP contribution is 2.55. The zero-order valence-electron chi connectivity index (χ0n) is 67.7. The summed E-state index contributed by atoms with van der Waals surface area (Å²) in [7, 11) is -13.4. The van der Waals surface area contributed by atoms with Crippen LogP contribution in [0, 0.1) is 6.92 Å². The van der Waals surface area contributed by atoms with Crippen LogP contribution in [0.2, 0.25) is 0 Å². The van der Waals surface area contributed by atoms with E-state index in [-0.39, 0.29) is 155 Å². The van der Waals surface area contributed by atoms with Crippen molar-refractivity contribution in [2.24, 2.45) is 0 Å². The topological polar surface area (TPSA) is 601 Å². The number of amides is 2. The summed E-state index contributed by atoms with van der Waals surface area (Å²) >= 11 is 0. The third kappa shape index (κ3) is 27.1. The number of benzene rings is 3. The standard InChI is InChI=1S/C74H97N9O37P4/c1-45-40-82(73(95)79-68(45)89)65-38-57(59(42-84)116-65)119-123(99,103-4)111-32-28-107-24-23-106-27-31-110-122(98,102-3)114-44-61-58(120-124(100,104-5)112-33-29-108-25-22-105-26-30-109-121(97,101-2)113-43-60-54(87)37-64(117-60)81-21-18-62(75)78-72(81)94)39-66(118-61)83-41-47(70(91)80-74(83)96)11-17-63(88)76-19-8-6-7-9-20-77-69(90)46-10-14-50(71(92)93)53(34-46)67-51-15-12-48(85)35-55(51)115-56-36-49(86)13-16-52(56)67/h10-18,21,34-36,40-41,54,57-61,64-66,84-85,87H,6-9,19-20,22-33,37-39,42-44H2,1-5H3,(H,76,88)(H,77,90)(H,92,93)(H2,75,78,94)(H,79,89,95)(H,80,91,96)/b17-11+/t54-,57-,58-,59-,60-,61-,64-,65-,66-,121?,122?,123?,124?/m1/s1. The van der Waals surface area contributed by atoms with E-state index in [0.29, 0.717) is 42.2 Å². The maximum atomic E-state index is 14.2. The Bertz CT molecular complexity index is 5390. The van der Waals surface area contributed by atoms with Gasteiger partial charge in [0.25, 0.3) is 17.0 Å². The largest absolute Gasteiger partial charge is 0.508 e. The number of aromatic amines is 2. The molecule has 3 aromatic heterocycles. The molecule has 2 aromatic carbocycles. The highest BCUT2D eigenvalue weighted by atomic mass is 31.2. The van der Waals surface area contributed by atoms with Crippen molar-refractivity contribution in [1.29, 1.82) is 0 Å². The minimum absolute atomic E-state index is 0.000115. The van der Waals surface area contributed by atoms with Gasteiger partial charge < -0.3 is 74.4 Å². The van der Waals surface area contributed by atoms with Crippen molar-refractivity contribution in [3.05, 3.63) is 170 Å². The number of rotatable bonds is 52. The summed E-state index contributed by atoms with van der Waals surface area (Å²) in [6.45, 7) is -2.06. The van der Waals surface area contributed by atoms with Gasteiger partial charge in [-0.3, -0.25) is 102 Å². The molecule has 46 nitrogen and oxygen atoms in total. The Kier molecular flexibility index (Phi) is 36.2. The first-order valence-electron chi connectivity index (χ1n) is 38.7. The molecule has 4 unspecified atom stereocenters. The molecular formula is C74H97N9O37P4. The number of carbonyl (C=O) groups excluding carboxylic acids is 2. The molecule has 1 aliphatic carbocycles. The summed E-state index contributed by atoms with van der Waals surface area (Å²) in [6, 6.07) is 13.9. The highest BCUT2D eigenvalue weighted by Gasteiger charge is 2.46. The number of hydrogen-bond donors (Lipinski definition) is 9. The molecule has 10 rings (SSSR count). The number of aromatic hydroxyl groups is 1. The van der Waals surface area contributed by atoms with Crippen LogP contribution in [0.3, 0.4) is 0 Å². The van der Waals surface area contributed by atoms with E-state index in [1.54, 1.807) is 6.07 Å². The molecular weight excluding hydrogens is 1730 g/mol. The quantitative estimate of drug-likeness (QED) is 0.0107. The Hall–Kier alpha value is -8.80. The van der Waals surface area contributed by atoms with E-state index in [2.05, 4.69) is 25.6 Å². The SMILES string of the molecule is COP(=O)(OCCOCCOCCOP(=O)(OC)O[C@@H]1C[C@H](n2cc(/C=C/C(=O)NCCCCCCNC(=O)c3ccc(C(=O)O)c(-c4c5ccc(=O)cc-5oc5cc(O)ccc45)c3)c(=O)[nH]c2=O)O[C@@H]1COP(=O)(OC)OCCOCCOCCOP(=O)(OC)O[C@@H]1C[C@H](n2cc(C)c(=O)[nH]c2=O)O[C@@H]1CO)OC[C@H]1O[C@@H](n2ccc(N)nc2=O)C[C@H]1O. The van der Waals surface area contributed by atoms with Crippen molar-refractivity contribution in [3.8, 4) is 28.2 Å². The summed E-state index contributed by atoms with van der Waals surface area (Å²) in [4.78, 5) is 123.